The Labute approximate surface area is 182 Å². The first-order chi connectivity index (χ1) is 15.1. The van der Waals surface area contributed by atoms with E-state index in [1.54, 1.807) is 29.2 Å². The minimum atomic E-state index is -0.642. The van der Waals surface area contributed by atoms with Crippen molar-refractivity contribution in [2.24, 2.45) is 0 Å². The number of carbonyl (C=O) groups is 2. The van der Waals surface area contributed by atoms with Gasteiger partial charge < -0.3 is 20.1 Å². The highest BCUT2D eigenvalue weighted by Gasteiger charge is 2.20. The number of β-amino-alcohol motifs (C(OH)–C–C–N with tert-alkyl or cyclic N) is 1. The zero-order valence-corrected chi connectivity index (χ0v) is 17.6. The van der Waals surface area contributed by atoms with E-state index in [1.165, 1.54) is 11.1 Å². The number of carbonyl (C=O) groups excluding carboxylic acids is 2. The first kappa shape index (κ1) is 21.5. The smallest absolute Gasteiger partial charge is 0.254 e. The van der Waals surface area contributed by atoms with E-state index in [2.05, 4.69) is 28.4 Å². The molecule has 7 nitrogen and oxygen atoms in total. The summed E-state index contributed by atoms with van der Waals surface area (Å²) < 4.78 is 5.28. The Kier molecular flexibility index (Phi) is 6.96. The van der Waals surface area contributed by atoms with Crippen LogP contribution in [0.1, 0.15) is 31.8 Å². The molecule has 31 heavy (non-hydrogen) atoms. The molecule has 0 aromatic heterocycles. The molecule has 2 aliphatic heterocycles. The third-order valence-electron chi connectivity index (χ3n) is 5.87. The van der Waals surface area contributed by atoms with Gasteiger partial charge in [-0.15, -0.1) is 0 Å². The van der Waals surface area contributed by atoms with E-state index in [1.807, 2.05) is 6.07 Å². The molecular formula is C24H29N3O4. The van der Waals surface area contributed by atoms with E-state index < -0.39 is 6.10 Å². The molecule has 2 amide bonds. The summed E-state index contributed by atoms with van der Waals surface area (Å²) >= 11 is 0. The molecule has 7 heteroatoms. The van der Waals surface area contributed by atoms with E-state index in [0.29, 0.717) is 44.0 Å². The van der Waals surface area contributed by atoms with Gasteiger partial charge in [-0.2, -0.15) is 0 Å². The summed E-state index contributed by atoms with van der Waals surface area (Å²) in [6, 6.07) is 15.0. The minimum absolute atomic E-state index is 0.0474. The van der Waals surface area contributed by atoms with Crippen molar-refractivity contribution >= 4 is 11.8 Å². The van der Waals surface area contributed by atoms with Crippen LogP contribution in [0.15, 0.2) is 48.5 Å². The summed E-state index contributed by atoms with van der Waals surface area (Å²) in [5, 5.41) is 13.2. The standard InChI is InChI=1S/C24H29N3O4/c28-22(17-26-10-9-18-3-1-2-4-21(18)16-26)15-25-23(29)19-5-7-20(8-6-19)24(30)27-11-13-31-14-12-27/h1-8,22,28H,9-17H2,(H,25,29)/t22-/m1/s1. The Hall–Kier alpha value is -2.74. The summed E-state index contributed by atoms with van der Waals surface area (Å²) in [6.45, 7) is 4.70. The van der Waals surface area contributed by atoms with Gasteiger partial charge in [0, 0.05) is 50.4 Å². The average Bonchev–Trinajstić information content (AvgIpc) is 2.82. The predicted octanol–water partition coefficient (Wildman–Crippen LogP) is 1.31. The lowest BCUT2D eigenvalue weighted by Crippen LogP contribution is -2.42. The maximum Gasteiger partial charge on any atom is 0.254 e. The van der Waals surface area contributed by atoms with Crippen LogP contribution in [0.2, 0.25) is 0 Å². The fourth-order valence-electron chi connectivity index (χ4n) is 4.10. The maximum absolute atomic E-state index is 12.5. The van der Waals surface area contributed by atoms with Crippen LogP contribution in [0, 0.1) is 0 Å². The fourth-order valence-corrected chi connectivity index (χ4v) is 4.10. The first-order valence-corrected chi connectivity index (χ1v) is 10.8. The average molecular weight is 424 g/mol. The minimum Gasteiger partial charge on any atom is -0.390 e. The second-order valence-electron chi connectivity index (χ2n) is 8.10. The van der Waals surface area contributed by atoms with Crippen LogP contribution >= 0.6 is 0 Å². The highest BCUT2D eigenvalue weighted by Crippen LogP contribution is 2.18. The zero-order valence-electron chi connectivity index (χ0n) is 17.6. The number of nitrogens with zero attached hydrogens (tertiary/aromatic N) is 2. The Balaban J connectivity index is 1.24. The molecule has 1 fully saturated rings. The summed E-state index contributed by atoms with van der Waals surface area (Å²) in [7, 11) is 0. The molecule has 164 valence electrons. The Morgan fingerprint density at radius 1 is 0.968 bits per heavy atom. The molecule has 2 heterocycles. The summed E-state index contributed by atoms with van der Waals surface area (Å²) in [6.07, 6.45) is 0.335. The van der Waals surface area contributed by atoms with Gasteiger partial charge >= 0.3 is 0 Å². The SMILES string of the molecule is O=C(NC[C@@H](O)CN1CCc2ccccc2C1)c1ccc(C(=O)N2CCOCC2)cc1. The molecule has 0 saturated carbocycles. The van der Waals surface area contributed by atoms with Crippen molar-refractivity contribution in [3.05, 3.63) is 70.8 Å². The molecule has 0 spiro atoms. The lowest BCUT2D eigenvalue weighted by molar-refractivity contribution is 0.0303. The number of fused-ring (bicyclic) bond motifs is 1. The number of aliphatic hydroxyl groups excluding tert-OH is 1. The van der Waals surface area contributed by atoms with Crippen LogP contribution in [0.4, 0.5) is 0 Å². The molecule has 0 aliphatic carbocycles. The van der Waals surface area contributed by atoms with Crippen LogP contribution in [-0.4, -0.2) is 78.8 Å². The molecule has 2 aromatic carbocycles. The van der Waals surface area contributed by atoms with Crippen molar-refractivity contribution in [1.29, 1.82) is 0 Å². The molecule has 1 saturated heterocycles. The maximum atomic E-state index is 12.5. The van der Waals surface area contributed by atoms with Gasteiger partial charge in [0.1, 0.15) is 0 Å². The van der Waals surface area contributed by atoms with Crippen LogP contribution in [0.5, 0.6) is 0 Å². The Morgan fingerprint density at radius 2 is 1.65 bits per heavy atom. The van der Waals surface area contributed by atoms with Gasteiger partial charge in [-0.25, -0.2) is 0 Å². The lowest BCUT2D eigenvalue weighted by atomic mass is 10.00. The number of benzene rings is 2. The second-order valence-corrected chi connectivity index (χ2v) is 8.10. The number of aliphatic hydroxyl groups is 1. The van der Waals surface area contributed by atoms with Gasteiger partial charge in [0.15, 0.2) is 0 Å². The van der Waals surface area contributed by atoms with Gasteiger partial charge in [-0.1, -0.05) is 24.3 Å². The monoisotopic (exact) mass is 423 g/mol. The van der Waals surface area contributed by atoms with Crippen molar-refractivity contribution in [2.75, 3.05) is 45.9 Å². The predicted molar refractivity (Wildman–Crippen MR) is 117 cm³/mol. The molecule has 0 unspecified atom stereocenters. The van der Waals surface area contributed by atoms with Crippen molar-refractivity contribution in [3.8, 4) is 0 Å². The molecule has 1 atom stereocenters. The van der Waals surface area contributed by atoms with E-state index in [0.717, 1.165) is 19.5 Å². The highest BCUT2D eigenvalue weighted by molar-refractivity contribution is 5.97. The number of nitrogens with one attached hydrogen (secondary N) is 1. The summed E-state index contributed by atoms with van der Waals surface area (Å²) in [4.78, 5) is 28.9. The van der Waals surface area contributed by atoms with E-state index in [4.69, 9.17) is 4.74 Å². The van der Waals surface area contributed by atoms with Crippen molar-refractivity contribution in [2.45, 2.75) is 19.1 Å². The van der Waals surface area contributed by atoms with Gasteiger partial charge in [0.2, 0.25) is 0 Å². The number of hydrogen-bond acceptors (Lipinski definition) is 5. The molecule has 2 aromatic rings. The number of rotatable bonds is 6. The van der Waals surface area contributed by atoms with Crippen LogP contribution < -0.4 is 5.32 Å². The molecule has 4 rings (SSSR count). The Bertz CT molecular complexity index is 909. The summed E-state index contributed by atoms with van der Waals surface area (Å²) in [5.74, 6) is -0.304. The fraction of sp³-hybridized carbons (Fsp3) is 0.417. The number of hydrogen-bond donors (Lipinski definition) is 2. The molecule has 2 N–H and O–H groups in total. The number of ether oxygens (including phenoxy) is 1. The number of amides is 2. The van der Waals surface area contributed by atoms with Crippen LogP contribution in [0.25, 0.3) is 0 Å². The van der Waals surface area contributed by atoms with Gasteiger partial charge in [-0.05, 0) is 41.8 Å². The van der Waals surface area contributed by atoms with E-state index >= 15 is 0 Å². The molecule has 2 aliphatic rings. The van der Waals surface area contributed by atoms with Crippen molar-refractivity contribution in [3.63, 3.8) is 0 Å². The topological polar surface area (TPSA) is 82.1 Å². The quantitative estimate of drug-likeness (QED) is 0.732. The van der Waals surface area contributed by atoms with Crippen molar-refractivity contribution in [1.82, 2.24) is 15.1 Å². The lowest BCUT2D eigenvalue weighted by Gasteiger charge is -2.30. The zero-order chi connectivity index (χ0) is 21.6. The summed E-state index contributed by atoms with van der Waals surface area (Å²) in [5.41, 5.74) is 3.70. The van der Waals surface area contributed by atoms with Gasteiger partial charge in [0.25, 0.3) is 11.8 Å². The third kappa shape index (κ3) is 5.50. The third-order valence-corrected chi connectivity index (χ3v) is 5.87. The van der Waals surface area contributed by atoms with E-state index in [-0.39, 0.29) is 18.4 Å². The first-order valence-electron chi connectivity index (χ1n) is 10.8. The van der Waals surface area contributed by atoms with E-state index in [9.17, 15) is 14.7 Å². The normalized spacial score (nSPS) is 17.6. The second kappa shape index (κ2) is 10.0. The van der Waals surface area contributed by atoms with Gasteiger partial charge in [-0.3, -0.25) is 14.5 Å². The Morgan fingerprint density at radius 3 is 2.39 bits per heavy atom. The van der Waals surface area contributed by atoms with Crippen molar-refractivity contribution < 1.29 is 19.4 Å². The molecular weight excluding hydrogens is 394 g/mol. The number of morpholine rings is 1. The van der Waals surface area contributed by atoms with Gasteiger partial charge in [0.05, 0.1) is 19.3 Å². The molecule has 0 radical (unpaired) electrons. The molecule has 0 bridgehead atoms. The largest absolute Gasteiger partial charge is 0.390 e. The van der Waals surface area contributed by atoms with Crippen LogP contribution in [-0.2, 0) is 17.7 Å². The highest BCUT2D eigenvalue weighted by atomic mass is 16.5. The van der Waals surface area contributed by atoms with Crippen LogP contribution in [0.3, 0.4) is 0 Å².